The molecular weight excluding hydrogens is 461 g/mol. The number of rotatable bonds is 6. The third kappa shape index (κ3) is 7.69. The van der Waals surface area contributed by atoms with Crippen LogP contribution in [0.1, 0.15) is 11.7 Å². The second-order valence-electron chi connectivity index (χ2n) is 6.27. The van der Waals surface area contributed by atoms with Crippen LogP contribution in [0.3, 0.4) is 0 Å². The molecule has 2 aliphatic rings. The molecule has 0 saturated heterocycles. The molecule has 2 aromatic rings. The summed E-state index contributed by atoms with van der Waals surface area (Å²) in [6.07, 6.45) is 23.0. The zero-order valence-electron chi connectivity index (χ0n) is 16.3. The third-order valence-corrected chi connectivity index (χ3v) is 4.79. The Labute approximate surface area is 200 Å². The number of nitrogens with zero attached hydrogens (tertiary/aromatic N) is 3. The van der Waals surface area contributed by atoms with Crippen LogP contribution >= 0.6 is 23.2 Å². The van der Waals surface area contributed by atoms with Gasteiger partial charge >= 0.3 is 17.1 Å². The Kier molecular flexibility index (Phi) is 11.5. The van der Waals surface area contributed by atoms with Gasteiger partial charge in [-0.2, -0.15) is 5.10 Å². The smallest absolute Gasteiger partial charge is 0.372 e. The van der Waals surface area contributed by atoms with E-state index in [-0.39, 0.29) is 23.2 Å². The van der Waals surface area contributed by atoms with Crippen molar-refractivity contribution in [3.63, 3.8) is 0 Å². The summed E-state index contributed by atoms with van der Waals surface area (Å²) < 4.78 is 7.51. The molecule has 4 nitrogen and oxygen atoms in total. The van der Waals surface area contributed by atoms with Crippen LogP contribution in [0, 0.1) is 63.7 Å². The van der Waals surface area contributed by atoms with Gasteiger partial charge in [-0.25, -0.2) is 9.67 Å². The second-order valence-corrected chi connectivity index (χ2v) is 7.12. The first-order chi connectivity index (χ1) is 14.2. The van der Waals surface area contributed by atoms with Gasteiger partial charge in [0.1, 0.15) is 18.8 Å². The Morgan fingerprint density at radius 3 is 2.27 bits per heavy atom. The molecule has 7 heteroatoms. The van der Waals surface area contributed by atoms with Gasteiger partial charge in [0, 0.05) is 28.6 Å². The van der Waals surface area contributed by atoms with Crippen LogP contribution in [0.4, 0.5) is 0 Å². The van der Waals surface area contributed by atoms with Crippen molar-refractivity contribution in [1.82, 2.24) is 14.8 Å². The largest absolute Gasteiger partial charge is 2.00 e. The number of aromatic nitrogens is 3. The Hall–Kier alpha value is -0.841. The van der Waals surface area contributed by atoms with Gasteiger partial charge in [-0.15, -0.1) is 0 Å². The summed E-state index contributed by atoms with van der Waals surface area (Å²) in [5.74, 6) is 1.09. The van der Waals surface area contributed by atoms with Crippen molar-refractivity contribution < 1.29 is 21.8 Å². The Morgan fingerprint density at radius 1 is 1.07 bits per heavy atom. The molecule has 0 spiro atoms. The van der Waals surface area contributed by atoms with Crippen molar-refractivity contribution in [3.8, 4) is 0 Å². The van der Waals surface area contributed by atoms with E-state index in [1.807, 2.05) is 69.9 Å². The molecule has 10 radical (unpaired) electrons. The minimum Gasteiger partial charge on any atom is -0.372 e. The minimum atomic E-state index is -0.311. The van der Waals surface area contributed by atoms with Gasteiger partial charge in [0.05, 0.1) is 6.54 Å². The summed E-state index contributed by atoms with van der Waals surface area (Å²) in [5.41, 5.74) is 1.87. The standard InChI is InChI=1S/C18H16Cl2N3O.C5H5.Fe/c1-24-18(16-7-6-15(19)9-17(16)20)14(8-13-4-2-3-5-13)10-23-12-21-11-22-23;1-2-4-5-3-1;/h2-9,11-12,18H,10H2,1H3;1-5H;/q;;+2/b14-8+;;. The van der Waals surface area contributed by atoms with Crippen LogP contribution in [0.2, 0.25) is 10.0 Å². The maximum absolute atomic E-state index is 6.38. The number of methoxy groups -OCH3 is 1. The average Bonchev–Trinajstić information content (AvgIpc) is 3.49. The van der Waals surface area contributed by atoms with Crippen LogP contribution in [-0.2, 0) is 28.4 Å². The van der Waals surface area contributed by atoms with E-state index in [1.54, 1.807) is 24.2 Å². The number of halogens is 2. The molecule has 4 rings (SSSR count). The monoisotopic (exact) mass is 481 g/mol. The van der Waals surface area contributed by atoms with E-state index in [9.17, 15) is 0 Å². The maximum Gasteiger partial charge on any atom is 2.00 e. The second kappa shape index (κ2) is 13.5. The Bertz CT molecular complexity index is 765. The summed E-state index contributed by atoms with van der Waals surface area (Å²) >= 11 is 12.4. The van der Waals surface area contributed by atoms with Crippen molar-refractivity contribution in [2.45, 2.75) is 12.6 Å². The minimum absolute atomic E-state index is 0. The predicted molar refractivity (Wildman–Crippen MR) is 116 cm³/mol. The molecule has 2 saturated carbocycles. The van der Waals surface area contributed by atoms with E-state index < -0.39 is 0 Å². The van der Waals surface area contributed by atoms with Gasteiger partial charge < -0.3 is 4.74 Å². The van der Waals surface area contributed by atoms with Gasteiger partial charge in [-0.3, -0.25) is 0 Å². The van der Waals surface area contributed by atoms with E-state index in [0.717, 1.165) is 17.1 Å². The molecule has 0 aliphatic heterocycles. The molecule has 2 aliphatic carbocycles. The zero-order chi connectivity index (χ0) is 20.5. The van der Waals surface area contributed by atoms with E-state index >= 15 is 0 Å². The number of ether oxygens (including phenoxy) is 1. The molecule has 1 aromatic heterocycles. The van der Waals surface area contributed by atoms with Crippen LogP contribution < -0.4 is 0 Å². The molecule has 1 atom stereocenters. The topological polar surface area (TPSA) is 39.9 Å². The molecule has 154 valence electrons. The molecular formula is C23H21Cl2FeN3O+2. The zero-order valence-corrected chi connectivity index (χ0v) is 18.9. The average molecular weight is 482 g/mol. The molecule has 0 amide bonds. The number of hydrogen-bond donors (Lipinski definition) is 0. The van der Waals surface area contributed by atoms with E-state index in [2.05, 4.69) is 16.2 Å². The molecule has 1 aromatic carbocycles. The molecule has 30 heavy (non-hydrogen) atoms. The Morgan fingerprint density at radius 2 is 1.73 bits per heavy atom. The summed E-state index contributed by atoms with van der Waals surface area (Å²) in [6, 6.07) is 5.42. The number of hydrogen-bond acceptors (Lipinski definition) is 3. The number of benzene rings is 1. The normalized spacial score (nSPS) is 17.9. The third-order valence-electron chi connectivity index (χ3n) is 4.22. The van der Waals surface area contributed by atoms with E-state index in [0.29, 0.717) is 16.6 Å². The Balaban J connectivity index is 0.000000468. The van der Waals surface area contributed by atoms with Gasteiger partial charge in [-0.1, -0.05) is 35.3 Å². The van der Waals surface area contributed by atoms with Crippen LogP contribution in [0.5, 0.6) is 0 Å². The fraction of sp³-hybridized carbons (Fsp3) is 0.130. The summed E-state index contributed by atoms with van der Waals surface area (Å²) in [7, 11) is 1.66. The van der Waals surface area contributed by atoms with Crippen LogP contribution in [0.15, 0.2) is 42.5 Å². The van der Waals surface area contributed by atoms with E-state index in [4.69, 9.17) is 27.9 Å². The predicted octanol–water partition coefficient (Wildman–Crippen LogP) is 5.32. The summed E-state index contributed by atoms with van der Waals surface area (Å²) in [4.78, 5) is 4.00. The van der Waals surface area contributed by atoms with Crippen molar-refractivity contribution >= 4 is 23.2 Å². The van der Waals surface area contributed by atoms with Gasteiger partial charge in [0.15, 0.2) is 0 Å². The van der Waals surface area contributed by atoms with E-state index in [1.165, 1.54) is 6.33 Å². The molecule has 1 heterocycles. The maximum atomic E-state index is 6.38. The fourth-order valence-electron chi connectivity index (χ4n) is 2.92. The van der Waals surface area contributed by atoms with Gasteiger partial charge in [0.25, 0.3) is 0 Å². The SMILES string of the molecule is COC(/C(=C/[C]1[CH][CH][CH][CH]1)Cn1cncn1)c1ccc(Cl)cc1Cl.[CH]1[CH][CH][CH][CH]1.[Fe+2]. The fourth-order valence-corrected chi connectivity index (χ4v) is 3.43. The molecule has 0 N–H and O–H groups in total. The van der Waals surface area contributed by atoms with Crippen molar-refractivity contribution in [3.05, 3.63) is 122 Å². The first-order valence-electron chi connectivity index (χ1n) is 9.06. The quantitative estimate of drug-likeness (QED) is 0.524. The molecule has 1 unspecified atom stereocenters. The van der Waals surface area contributed by atoms with Crippen molar-refractivity contribution in [1.29, 1.82) is 0 Å². The van der Waals surface area contributed by atoms with Gasteiger partial charge in [0.2, 0.25) is 0 Å². The number of allylic oxidation sites excluding steroid dienone is 1. The van der Waals surface area contributed by atoms with Crippen molar-refractivity contribution in [2.75, 3.05) is 7.11 Å². The molecule has 2 fully saturated rings. The van der Waals surface area contributed by atoms with Crippen LogP contribution in [0.25, 0.3) is 0 Å². The molecule has 0 bridgehead atoms. The summed E-state index contributed by atoms with van der Waals surface area (Å²) in [5, 5.41) is 5.35. The van der Waals surface area contributed by atoms with Gasteiger partial charge in [-0.05, 0) is 75.5 Å². The first-order valence-corrected chi connectivity index (χ1v) is 9.82. The van der Waals surface area contributed by atoms with Crippen LogP contribution in [-0.4, -0.2) is 21.9 Å². The first kappa shape index (κ1) is 25.4. The van der Waals surface area contributed by atoms with Crippen molar-refractivity contribution in [2.24, 2.45) is 0 Å². The summed E-state index contributed by atoms with van der Waals surface area (Å²) in [6.45, 7) is 0.544.